The highest BCUT2D eigenvalue weighted by molar-refractivity contribution is 5.85. The minimum atomic E-state index is -0.118. The Morgan fingerprint density at radius 3 is 2.56 bits per heavy atom. The number of hydrogen-bond acceptors (Lipinski definition) is 2. The molecule has 16 heavy (non-hydrogen) atoms. The van der Waals surface area contributed by atoms with Crippen LogP contribution < -0.4 is 5.73 Å². The number of nitrogens with two attached hydrogens (primary N) is 1. The van der Waals surface area contributed by atoms with Gasteiger partial charge in [0.25, 0.3) is 0 Å². The second-order valence-corrected chi connectivity index (χ2v) is 3.88. The van der Waals surface area contributed by atoms with Crippen molar-refractivity contribution in [1.29, 1.82) is 0 Å². The van der Waals surface area contributed by atoms with E-state index in [0.717, 1.165) is 25.1 Å². The first-order valence-electron chi connectivity index (χ1n) is 4.97. The van der Waals surface area contributed by atoms with Crippen LogP contribution in [0.3, 0.4) is 0 Å². The lowest BCUT2D eigenvalue weighted by molar-refractivity contribution is 0.321. The zero-order valence-electron chi connectivity index (χ0n) is 8.93. The summed E-state index contributed by atoms with van der Waals surface area (Å²) in [5, 5.41) is 0. The van der Waals surface area contributed by atoms with Gasteiger partial charge in [0.05, 0.1) is 0 Å². The van der Waals surface area contributed by atoms with Crippen molar-refractivity contribution in [1.82, 2.24) is 4.90 Å². The van der Waals surface area contributed by atoms with Gasteiger partial charge in [0.2, 0.25) is 0 Å². The van der Waals surface area contributed by atoms with Crippen molar-refractivity contribution >= 4 is 24.8 Å². The topological polar surface area (TPSA) is 29.3 Å². The van der Waals surface area contributed by atoms with Gasteiger partial charge >= 0.3 is 0 Å². The van der Waals surface area contributed by atoms with Crippen molar-refractivity contribution < 1.29 is 4.39 Å². The second kappa shape index (κ2) is 7.07. The Morgan fingerprint density at radius 1 is 1.31 bits per heavy atom. The van der Waals surface area contributed by atoms with E-state index >= 15 is 0 Å². The predicted molar refractivity (Wildman–Crippen MR) is 68.8 cm³/mol. The Bertz CT molecular complexity index is 323. The van der Waals surface area contributed by atoms with Gasteiger partial charge in [-0.25, -0.2) is 4.39 Å². The van der Waals surface area contributed by atoms with Crippen LogP contribution in [0.2, 0.25) is 0 Å². The fraction of sp³-hybridized carbons (Fsp3) is 0.455. The Kier molecular flexibility index (Phi) is 6.91. The van der Waals surface area contributed by atoms with E-state index < -0.39 is 0 Å². The molecule has 1 aromatic carbocycles. The van der Waals surface area contributed by atoms with E-state index in [1.54, 1.807) is 6.07 Å². The third kappa shape index (κ3) is 3.91. The number of benzene rings is 1. The molecule has 0 amide bonds. The van der Waals surface area contributed by atoms with Crippen LogP contribution in [0.4, 0.5) is 4.39 Å². The van der Waals surface area contributed by atoms with Crippen LogP contribution in [0.1, 0.15) is 12.0 Å². The van der Waals surface area contributed by atoms with Crippen molar-refractivity contribution in [2.45, 2.75) is 19.0 Å². The SMILES string of the molecule is Cl.Cl.N[C@@H]1CCN(Cc2ccccc2F)C1. The molecular formula is C11H17Cl2FN2. The molecule has 1 aliphatic heterocycles. The van der Waals surface area contributed by atoms with Gasteiger partial charge < -0.3 is 5.73 Å². The normalized spacial score (nSPS) is 20.0. The van der Waals surface area contributed by atoms with Gasteiger partial charge in [-0.15, -0.1) is 24.8 Å². The Morgan fingerprint density at radius 2 is 2.00 bits per heavy atom. The molecule has 1 aromatic rings. The quantitative estimate of drug-likeness (QED) is 0.890. The Balaban J connectivity index is 0.00000112. The fourth-order valence-electron chi connectivity index (χ4n) is 1.87. The van der Waals surface area contributed by atoms with E-state index in [1.165, 1.54) is 6.07 Å². The van der Waals surface area contributed by atoms with Crippen LogP contribution >= 0.6 is 24.8 Å². The summed E-state index contributed by atoms with van der Waals surface area (Å²) in [5.74, 6) is -0.118. The average molecular weight is 267 g/mol. The van der Waals surface area contributed by atoms with E-state index in [1.807, 2.05) is 12.1 Å². The van der Waals surface area contributed by atoms with Crippen molar-refractivity contribution in [3.05, 3.63) is 35.6 Å². The molecule has 0 aliphatic carbocycles. The summed E-state index contributed by atoms with van der Waals surface area (Å²) in [5.41, 5.74) is 6.55. The zero-order valence-corrected chi connectivity index (χ0v) is 10.6. The highest BCUT2D eigenvalue weighted by Gasteiger charge is 2.19. The third-order valence-electron chi connectivity index (χ3n) is 2.66. The van der Waals surface area contributed by atoms with Gasteiger partial charge in [-0.1, -0.05) is 18.2 Å². The molecule has 1 fully saturated rings. The molecule has 0 unspecified atom stereocenters. The van der Waals surface area contributed by atoms with Gasteiger partial charge in [0.1, 0.15) is 5.82 Å². The number of likely N-dealkylation sites (tertiary alicyclic amines) is 1. The summed E-state index contributed by atoms with van der Waals surface area (Å²) in [4.78, 5) is 2.20. The van der Waals surface area contributed by atoms with Crippen LogP contribution in [-0.4, -0.2) is 24.0 Å². The molecule has 1 aliphatic rings. The van der Waals surface area contributed by atoms with Crippen LogP contribution in [-0.2, 0) is 6.54 Å². The molecule has 92 valence electrons. The smallest absolute Gasteiger partial charge is 0.127 e. The molecule has 0 saturated carbocycles. The number of nitrogens with zero attached hydrogens (tertiary/aromatic N) is 1. The largest absolute Gasteiger partial charge is 0.326 e. The van der Waals surface area contributed by atoms with Gasteiger partial charge in [-0.2, -0.15) is 0 Å². The molecule has 0 radical (unpaired) electrons. The van der Waals surface area contributed by atoms with E-state index in [0.29, 0.717) is 6.54 Å². The van der Waals surface area contributed by atoms with Crippen molar-refractivity contribution in [2.24, 2.45) is 5.73 Å². The molecule has 2 N–H and O–H groups in total. The molecule has 1 atom stereocenters. The number of halogens is 3. The van der Waals surface area contributed by atoms with E-state index in [4.69, 9.17) is 5.73 Å². The molecule has 2 nitrogen and oxygen atoms in total. The molecule has 0 aromatic heterocycles. The van der Waals surface area contributed by atoms with Gasteiger partial charge in [-0.05, 0) is 12.5 Å². The maximum Gasteiger partial charge on any atom is 0.127 e. The minimum absolute atomic E-state index is 0. The molecule has 0 spiro atoms. The maximum absolute atomic E-state index is 13.3. The molecular weight excluding hydrogens is 250 g/mol. The molecule has 5 heteroatoms. The maximum atomic E-state index is 13.3. The standard InChI is InChI=1S/C11H15FN2.2ClH/c12-11-4-2-1-3-9(11)7-14-6-5-10(13)8-14;;/h1-4,10H,5-8,13H2;2*1H/t10-;;/m1../s1. The lowest BCUT2D eigenvalue weighted by Gasteiger charge is -2.15. The monoisotopic (exact) mass is 266 g/mol. The predicted octanol–water partition coefficient (Wildman–Crippen LogP) is 2.20. The van der Waals surface area contributed by atoms with Gasteiger partial charge in [0.15, 0.2) is 0 Å². The number of hydrogen-bond donors (Lipinski definition) is 1. The van der Waals surface area contributed by atoms with Crippen molar-refractivity contribution in [3.63, 3.8) is 0 Å². The molecule has 1 saturated heterocycles. The average Bonchev–Trinajstić information content (AvgIpc) is 2.56. The summed E-state index contributed by atoms with van der Waals surface area (Å²) in [6, 6.07) is 7.19. The van der Waals surface area contributed by atoms with Crippen LogP contribution in [0.5, 0.6) is 0 Å². The van der Waals surface area contributed by atoms with Crippen LogP contribution in [0.25, 0.3) is 0 Å². The first-order chi connectivity index (χ1) is 6.75. The molecule has 1 heterocycles. The summed E-state index contributed by atoms with van der Waals surface area (Å²) < 4.78 is 13.3. The zero-order chi connectivity index (χ0) is 9.97. The third-order valence-corrected chi connectivity index (χ3v) is 2.66. The summed E-state index contributed by atoms with van der Waals surface area (Å²) >= 11 is 0. The van der Waals surface area contributed by atoms with E-state index in [-0.39, 0.29) is 36.7 Å². The van der Waals surface area contributed by atoms with Gasteiger partial charge in [0, 0.05) is 31.2 Å². The minimum Gasteiger partial charge on any atom is -0.326 e. The summed E-state index contributed by atoms with van der Waals surface area (Å²) in [7, 11) is 0. The Hall–Kier alpha value is -0.350. The first-order valence-corrected chi connectivity index (χ1v) is 4.97. The van der Waals surface area contributed by atoms with Crippen LogP contribution in [0.15, 0.2) is 24.3 Å². The Labute approximate surface area is 108 Å². The van der Waals surface area contributed by atoms with Crippen molar-refractivity contribution in [2.75, 3.05) is 13.1 Å². The molecule has 0 bridgehead atoms. The highest BCUT2D eigenvalue weighted by atomic mass is 35.5. The van der Waals surface area contributed by atoms with E-state index in [2.05, 4.69) is 4.90 Å². The highest BCUT2D eigenvalue weighted by Crippen LogP contribution is 2.14. The lowest BCUT2D eigenvalue weighted by atomic mass is 10.2. The lowest BCUT2D eigenvalue weighted by Crippen LogP contribution is -2.26. The fourth-order valence-corrected chi connectivity index (χ4v) is 1.87. The molecule has 2 rings (SSSR count). The summed E-state index contributed by atoms with van der Waals surface area (Å²) in [6.45, 7) is 2.55. The number of rotatable bonds is 2. The first kappa shape index (κ1) is 15.7. The summed E-state index contributed by atoms with van der Waals surface area (Å²) in [6.07, 6.45) is 1.02. The van der Waals surface area contributed by atoms with Crippen molar-refractivity contribution in [3.8, 4) is 0 Å². The van der Waals surface area contributed by atoms with Crippen LogP contribution in [0, 0.1) is 5.82 Å². The van der Waals surface area contributed by atoms with E-state index in [9.17, 15) is 4.39 Å². The second-order valence-electron chi connectivity index (χ2n) is 3.88. The van der Waals surface area contributed by atoms with Gasteiger partial charge in [-0.3, -0.25) is 4.90 Å².